The minimum atomic E-state index is -0.854. The van der Waals surface area contributed by atoms with Crippen molar-refractivity contribution in [3.8, 4) is 44.9 Å². The molecule has 0 aromatic heterocycles. The Balaban J connectivity index is 0.804. The van der Waals surface area contributed by atoms with E-state index in [0.717, 1.165) is 112 Å². The topological polar surface area (TPSA) is 24.9 Å². The lowest BCUT2D eigenvalue weighted by molar-refractivity contribution is 0.363. The maximum absolute atomic E-state index is 16.7. The molecule has 16 rings (SSSR count). The lowest BCUT2D eigenvalue weighted by Gasteiger charge is -2.35. The van der Waals surface area contributed by atoms with Crippen LogP contribution in [-0.4, -0.2) is 13.2 Å². The molecule has 0 saturated heterocycles. The zero-order valence-corrected chi connectivity index (χ0v) is 52.1. The molecule has 4 nitrogen and oxygen atoms in total. The normalized spacial score (nSPS) is 14.9. The van der Waals surface area contributed by atoms with Gasteiger partial charge < -0.3 is 19.3 Å². The van der Waals surface area contributed by atoms with Gasteiger partial charge in [-0.2, -0.15) is 0 Å². The minimum absolute atomic E-state index is 0.161. The van der Waals surface area contributed by atoms with Crippen LogP contribution in [-0.2, 0) is 10.8 Å². The Morgan fingerprint density at radius 2 is 0.656 bits per heavy atom. The highest BCUT2D eigenvalue weighted by Gasteiger charge is 2.48. The van der Waals surface area contributed by atoms with Crippen molar-refractivity contribution < 1.29 is 27.0 Å². The fourth-order valence-corrected chi connectivity index (χ4v) is 14.9. The largest absolute Gasteiger partial charge is 0.490 e. The van der Waals surface area contributed by atoms with E-state index >= 15 is 17.6 Å². The molecule has 0 saturated carbocycles. The quantitative estimate of drug-likeness (QED) is 0.0670. The summed E-state index contributed by atoms with van der Waals surface area (Å²) in [6.07, 6.45) is 3.45. The Hall–Kier alpha value is -12.0. The van der Waals surface area contributed by atoms with Crippen molar-refractivity contribution in [2.45, 2.75) is 10.8 Å². The molecule has 0 spiro atoms. The summed E-state index contributed by atoms with van der Waals surface area (Å²) in [4.78, 5) is 3.68. The summed E-state index contributed by atoms with van der Waals surface area (Å²) in [7, 11) is 0. The Morgan fingerprint density at radius 1 is 0.302 bits per heavy atom. The number of benzene rings is 14. The van der Waals surface area contributed by atoms with E-state index in [2.05, 4.69) is 183 Å². The highest BCUT2D eigenvalue weighted by atomic mass is 19.1. The molecule has 2 aliphatic rings. The fraction of sp³-hybridized carbons (Fsp3) is 0.0455. The molecule has 0 radical (unpaired) electrons. The first-order valence-corrected chi connectivity index (χ1v) is 32.0. The highest BCUT2D eigenvalue weighted by Crippen LogP contribution is 2.60. The lowest BCUT2D eigenvalue weighted by atomic mass is 9.67. The standard InChI is InChI=1S/C88H60F4N2O2/c1-3-49-95-73-41-29-63(30-42-73)87(65-27-21-57-13-5-7-15-61(57)51-65)79-19-11-9-17-75(79)77-45-39-71(55-81(77)87)93(85-47-33-67(89)53-83(85)91)69-35-23-59(24-36-69)60-25-37-70(38-26-60)94(86-48-34-68(90)54-84(86)92)72-40-46-78-76-18-10-12-20-80(76)88(82(78)56-72,64-31-43-74(44-32-64)96-50-4-2)66-28-22-58-14-6-8-16-62(58)52-66/h3-48,51-56H,1-2,49-50H2. The molecule has 2 atom stereocenters. The molecule has 0 aliphatic heterocycles. The van der Waals surface area contributed by atoms with E-state index in [9.17, 15) is 0 Å². The Bertz CT molecular complexity index is 5030. The van der Waals surface area contributed by atoms with Crippen LogP contribution in [0.2, 0.25) is 0 Å². The predicted octanol–water partition coefficient (Wildman–Crippen LogP) is 23.0. The molecular weight excluding hydrogens is 1190 g/mol. The van der Waals surface area contributed by atoms with Crippen LogP contribution in [0.15, 0.2) is 329 Å². The number of rotatable bonds is 17. The summed E-state index contributed by atoms with van der Waals surface area (Å²) in [5.41, 5.74) is 15.4. The molecule has 0 heterocycles. The highest BCUT2D eigenvalue weighted by molar-refractivity contribution is 5.94. The van der Waals surface area contributed by atoms with Crippen LogP contribution in [0.4, 0.5) is 51.7 Å². The van der Waals surface area contributed by atoms with Gasteiger partial charge in [-0.15, -0.1) is 0 Å². The molecule has 14 aromatic carbocycles. The SMILES string of the molecule is C=CCOc1ccc(C2(c3ccc4ccccc4c3)c3ccccc3-c3ccc(N(c4ccc(-c5ccc(N(c6ccc7c(c6)C(c6ccc(OCC=C)cc6)(c6ccc8ccccc8c6)c6ccccc6-7)c6ccc(F)cc6F)cc5)cc4)c4ccc(F)cc4F)cc32)cc1. The van der Waals surface area contributed by atoms with Crippen molar-refractivity contribution in [3.63, 3.8) is 0 Å². The van der Waals surface area contributed by atoms with E-state index in [1.165, 1.54) is 24.3 Å². The molecule has 2 aliphatic carbocycles. The van der Waals surface area contributed by atoms with Crippen molar-refractivity contribution in [2.24, 2.45) is 0 Å². The molecule has 462 valence electrons. The Morgan fingerprint density at radius 3 is 1.05 bits per heavy atom. The molecule has 0 fully saturated rings. The number of hydrogen-bond acceptors (Lipinski definition) is 4. The first-order chi connectivity index (χ1) is 47.1. The first-order valence-electron chi connectivity index (χ1n) is 32.0. The van der Waals surface area contributed by atoms with Gasteiger partial charge in [0.05, 0.1) is 22.2 Å². The summed E-state index contributed by atoms with van der Waals surface area (Å²) in [5, 5.41) is 4.40. The van der Waals surface area contributed by atoms with Crippen LogP contribution < -0.4 is 19.3 Å². The molecule has 0 bridgehead atoms. The minimum Gasteiger partial charge on any atom is -0.490 e. The zero-order chi connectivity index (χ0) is 65.1. The number of anilines is 6. The summed E-state index contributed by atoms with van der Waals surface area (Å²) in [5.74, 6) is -1.42. The summed E-state index contributed by atoms with van der Waals surface area (Å²) >= 11 is 0. The summed E-state index contributed by atoms with van der Waals surface area (Å²) < 4.78 is 75.5. The number of ether oxygens (including phenoxy) is 2. The maximum Gasteiger partial charge on any atom is 0.150 e. The van der Waals surface area contributed by atoms with Gasteiger partial charge in [0.2, 0.25) is 0 Å². The summed E-state index contributed by atoms with van der Waals surface area (Å²) in [6.45, 7) is 8.43. The maximum atomic E-state index is 16.7. The van der Waals surface area contributed by atoms with Crippen molar-refractivity contribution in [1.82, 2.24) is 0 Å². The van der Waals surface area contributed by atoms with Gasteiger partial charge >= 0.3 is 0 Å². The van der Waals surface area contributed by atoms with Gasteiger partial charge in [0, 0.05) is 34.9 Å². The van der Waals surface area contributed by atoms with Gasteiger partial charge in [0.25, 0.3) is 0 Å². The van der Waals surface area contributed by atoms with E-state index < -0.39 is 34.1 Å². The second-order valence-electron chi connectivity index (χ2n) is 24.4. The molecule has 8 heteroatoms. The van der Waals surface area contributed by atoms with Crippen LogP contribution in [0.1, 0.15) is 44.5 Å². The van der Waals surface area contributed by atoms with Crippen molar-refractivity contribution >= 4 is 55.7 Å². The third-order valence-electron chi connectivity index (χ3n) is 19.1. The van der Waals surface area contributed by atoms with Crippen LogP contribution >= 0.6 is 0 Å². The molecule has 2 unspecified atom stereocenters. The Kier molecular flexibility index (Phi) is 14.9. The smallest absolute Gasteiger partial charge is 0.150 e. The third kappa shape index (κ3) is 9.83. The molecule has 0 N–H and O–H groups in total. The van der Waals surface area contributed by atoms with E-state index in [4.69, 9.17) is 9.47 Å². The number of nitrogens with zero attached hydrogens (tertiary/aromatic N) is 2. The van der Waals surface area contributed by atoms with E-state index in [-0.39, 0.29) is 11.4 Å². The van der Waals surface area contributed by atoms with Gasteiger partial charge in [0.15, 0.2) is 0 Å². The molecule has 0 amide bonds. The van der Waals surface area contributed by atoms with Gasteiger partial charge in [-0.25, -0.2) is 17.6 Å². The van der Waals surface area contributed by atoms with Crippen molar-refractivity contribution in [1.29, 1.82) is 0 Å². The van der Waals surface area contributed by atoms with Crippen LogP contribution in [0.3, 0.4) is 0 Å². The monoisotopic (exact) mass is 1250 g/mol. The second-order valence-corrected chi connectivity index (χ2v) is 24.4. The number of halogens is 4. The van der Waals surface area contributed by atoms with Crippen LogP contribution in [0.25, 0.3) is 54.9 Å². The second kappa shape index (κ2) is 24.2. The molecular formula is C88H60F4N2O2. The summed E-state index contributed by atoms with van der Waals surface area (Å²) in [6, 6.07) is 99.1. The molecule has 14 aromatic rings. The van der Waals surface area contributed by atoms with E-state index in [1.54, 1.807) is 12.2 Å². The fourth-order valence-electron chi connectivity index (χ4n) is 14.9. The first kappa shape index (κ1) is 59.0. The third-order valence-corrected chi connectivity index (χ3v) is 19.1. The Labute approximate surface area is 554 Å². The van der Waals surface area contributed by atoms with Gasteiger partial charge in [-0.3, -0.25) is 0 Å². The van der Waals surface area contributed by atoms with Gasteiger partial charge in [-0.05, 0) is 209 Å². The average Bonchev–Trinajstić information content (AvgIpc) is 1.53. The van der Waals surface area contributed by atoms with Gasteiger partial charge in [-0.1, -0.05) is 207 Å². The lowest BCUT2D eigenvalue weighted by Crippen LogP contribution is -2.29. The van der Waals surface area contributed by atoms with Crippen LogP contribution in [0, 0.1) is 23.3 Å². The molecule has 96 heavy (non-hydrogen) atoms. The van der Waals surface area contributed by atoms with E-state index in [1.807, 2.05) is 107 Å². The number of hydrogen-bond donors (Lipinski definition) is 0. The van der Waals surface area contributed by atoms with Crippen molar-refractivity contribution in [2.75, 3.05) is 23.0 Å². The average molecular weight is 1250 g/mol. The van der Waals surface area contributed by atoms with Gasteiger partial charge in [0.1, 0.15) is 48.0 Å². The number of fused-ring (bicyclic) bond motifs is 8. The van der Waals surface area contributed by atoms with Crippen molar-refractivity contribution in [3.05, 3.63) is 396 Å². The van der Waals surface area contributed by atoms with Crippen LogP contribution in [0.5, 0.6) is 11.5 Å². The predicted molar refractivity (Wildman–Crippen MR) is 382 cm³/mol. The van der Waals surface area contributed by atoms with E-state index in [0.29, 0.717) is 47.5 Å². The zero-order valence-electron chi connectivity index (χ0n) is 52.1.